The molecule has 0 spiro atoms. The maximum absolute atomic E-state index is 10.2. The molecule has 0 amide bonds. The van der Waals surface area contributed by atoms with Crippen LogP contribution in [0.15, 0.2) is 0 Å². The molecule has 0 radical (unpaired) electrons. The van der Waals surface area contributed by atoms with Crippen molar-refractivity contribution in [1.29, 1.82) is 0 Å². The molecule has 9 heavy (non-hydrogen) atoms. The molecule has 0 heterocycles. The van der Waals surface area contributed by atoms with Gasteiger partial charge < -0.3 is 9.84 Å². The molecule has 0 aliphatic carbocycles. The van der Waals surface area contributed by atoms with E-state index in [1.165, 1.54) is 0 Å². The number of hydrogen-bond acceptors (Lipinski definition) is 2. The molecule has 1 unspecified atom stereocenters. The van der Waals surface area contributed by atoms with E-state index >= 15 is 0 Å². The fraction of sp³-hybridized carbons (Fsp3) is 0.833. The highest BCUT2D eigenvalue weighted by molar-refractivity contribution is 5.72. The minimum atomic E-state index is -0.876. The number of hydrogen-bond donors (Lipinski definition) is 1. The van der Waals surface area contributed by atoms with Crippen molar-refractivity contribution >= 4 is 5.97 Å². The van der Waals surface area contributed by atoms with E-state index in [1.807, 2.05) is 0 Å². The van der Waals surface area contributed by atoms with Crippen LogP contribution in [0.4, 0.5) is 0 Å². The van der Waals surface area contributed by atoms with E-state index in [0.717, 1.165) is 0 Å². The Bertz CT molecular complexity index is 90.3. The van der Waals surface area contributed by atoms with Crippen molar-refractivity contribution in [3.63, 3.8) is 0 Å². The Hall–Kier alpha value is -0.570. The predicted octanol–water partition coefficient (Wildman–Crippen LogP) is 0.886. The number of carboxylic acid groups (broad SMARTS) is 1. The highest BCUT2D eigenvalue weighted by atomic mass is 16.5. The lowest BCUT2D eigenvalue weighted by atomic mass is 10.3. The second-order valence-corrected chi connectivity index (χ2v) is 1.69. The van der Waals surface area contributed by atoms with Gasteiger partial charge in [-0.3, -0.25) is 0 Å². The van der Waals surface area contributed by atoms with Gasteiger partial charge in [-0.25, -0.2) is 4.79 Å². The Morgan fingerprint density at radius 1 is 1.67 bits per heavy atom. The fourth-order valence-corrected chi connectivity index (χ4v) is 0.565. The van der Waals surface area contributed by atoms with Crippen LogP contribution in [0.5, 0.6) is 0 Å². The number of ether oxygens (including phenoxy) is 1. The van der Waals surface area contributed by atoms with Crippen LogP contribution in [0.2, 0.25) is 0 Å². The number of carboxylic acids is 1. The maximum Gasteiger partial charge on any atom is 0.332 e. The summed E-state index contributed by atoms with van der Waals surface area (Å²) in [6.45, 7) is 4.03. The Morgan fingerprint density at radius 3 is 2.33 bits per heavy atom. The summed E-state index contributed by atoms with van der Waals surface area (Å²) in [5.74, 6) is -0.876. The zero-order valence-electron chi connectivity index (χ0n) is 5.76. The monoisotopic (exact) mass is 132 g/mol. The van der Waals surface area contributed by atoms with Crippen molar-refractivity contribution in [2.45, 2.75) is 26.4 Å². The van der Waals surface area contributed by atoms with Crippen molar-refractivity contribution in [3.05, 3.63) is 0 Å². The predicted molar refractivity (Wildman–Crippen MR) is 33.3 cm³/mol. The number of rotatable bonds is 4. The topological polar surface area (TPSA) is 46.5 Å². The molecule has 1 atom stereocenters. The Morgan fingerprint density at radius 2 is 2.22 bits per heavy atom. The molecule has 0 bridgehead atoms. The Labute approximate surface area is 54.6 Å². The SMILES string of the molecule is CCOC(CC)C(=O)O. The van der Waals surface area contributed by atoms with Gasteiger partial charge in [-0.1, -0.05) is 6.92 Å². The van der Waals surface area contributed by atoms with Crippen LogP contribution in [0, 0.1) is 0 Å². The van der Waals surface area contributed by atoms with Gasteiger partial charge in [0.1, 0.15) is 0 Å². The third-order valence-electron chi connectivity index (χ3n) is 1.01. The molecule has 54 valence electrons. The van der Waals surface area contributed by atoms with Gasteiger partial charge in [0, 0.05) is 6.61 Å². The Balaban J connectivity index is 3.54. The van der Waals surface area contributed by atoms with Gasteiger partial charge in [-0.15, -0.1) is 0 Å². The summed E-state index contributed by atoms with van der Waals surface area (Å²) >= 11 is 0. The van der Waals surface area contributed by atoms with E-state index in [9.17, 15) is 4.79 Å². The fourth-order valence-electron chi connectivity index (χ4n) is 0.565. The van der Waals surface area contributed by atoms with Crippen LogP contribution in [-0.4, -0.2) is 23.8 Å². The quantitative estimate of drug-likeness (QED) is 0.617. The van der Waals surface area contributed by atoms with Gasteiger partial charge in [0.05, 0.1) is 0 Å². The van der Waals surface area contributed by atoms with Crippen LogP contribution in [-0.2, 0) is 9.53 Å². The lowest BCUT2D eigenvalue weighted by Gasteiger charge is -2.07. The zero-order valence-corrected chi connectivity index (χ0v) is 5.76. The molecule has 3 nitrogen and oxygen atoms in total. The smallest absolute Gasteiger partial charge is 0.332 e. The molecule has 3 heteroatoms. The standard InChI is InChI=1S/C6H12O3/c1-3-5(6(7)8)9-4-2/h5H,3-4H2,1-2H3,(H,7,8). The van der Waals surface area contributed by atoms with Crippen LogP contribution >= 0.6 is 0 Å². The van der Waals surface area contributed by atoms with E-state index in [0.29, 0.717) is 13.0 Å². The molecule has 0 saturated heterocycles. The van der Waals surface area contributed by atoms with Crippen LogP contribution in [0.25, 0.3) is 0 Å². The van der Waals surface area contributed by atoms with E-state index in [1.54, 1.807) is 13.8 Å². The number of carbonyl (C=O) groups is 1. The summed E-state index contributed by atoms with van der Waals surface area (Å²) in [7, 11) is 0. The second-order valence-electron chi connectivity index (χ2n) is 1.69. The van der Waals surface area contributed by atoms with Crippen LogP contribution < -0.4 is 0 Å². The summed E-state index contributed by atoms with van der Waals surface area (Å²) in [4.78, 5) is 10.2. The molecule has 0 aliphatic rings. The maximum atomic E-state index is 10.2. The molecule has 1 N–H and O–H groups in total. The lowest BCUT2D eigenvalue weighted by molar-refractivity contribution is -0.150. The molecule has 0 saturated carbocycles. The van der Waals surface area contributed by atoms with Crippen molar-refractivity contribution in [3.8, 4) is 0 Å². The minimum Gasteiger partial charge on any atom is -0.479 e. The lowest BCUT2D eigenvalue weighted by Crippen LogP contribution is -2.22. The second kappa shape index (κ2) is 4.32. The Kier molecular flexibility index (Phi) is 4.05. The van der Waals surface area contributed by atoms with Gasteiger partial charge in [-0.2, -0.15) is 0 Å². The van der Waals surface area contributed by atoms with Crippen molar-refractivity contribution in [2.75, 3.05) is 6.61 Å². The highest BCUT2D eigenvalue weighted by Gasteiger charge is 2.13. The largest absolute Gasteiger partial charge is 0.479 e. The highest BCUT2D eigenvalue weighted by Crippen LogP contribution is 1.96. The minimum absolute atomic E-state index is 0.463. The first-order valence-electron chi connectivity index (χ1n) is 3.06. The van der Waals surface area contributed by atoms with Gasteiger partial charge in [0.15, 0.2) is 6.10 Å². The summed E-state index contributed by atoms with van der Waals surface area (Å²) in [5.41, 5.74) is 0. The van der Waals surface area contributed by atoms with E-state index in [4.69, 9.17) is 9.84 Å². The first-order chi connectivity index (χ1) is 4.22. The van der Waals surface area contributed by atoms with E-state index < -0.39 is 12.1 Å². The van der Waals surface area contributed by atoms with Crippen LogP contribution in [0.1, 0.15) is 20.3 Å². The normalized spacial score (nSPS) is 13.1. The third kappa shape index (κ3) is 3.08. The van der Waals surface area contributed by atoms with Crippen molar-refractivity contribution in [1.82, 2.24) is 0 Å². The van der Waals surface area contributed by atoms with E-state index in [2.05, 4.69) is 0 Å². The number of aliphatic carboxylic acids is 1. The van der Waals surface area contributed by atoms with Crippen LogP contribution in [0.3, 0.4) is 0 Å². The molecule has 0 fully saturated rings. The molecule has 0 aliphatic heterocycles. The van der Waals surface area contributed by atoms with Gasteiger partial charge in [0.2, 0.25) is 0 Å². The molecule has 0 aromatic rings. The van der Waals surface area contributed by atoms with E-state index in [-0.39, 0.29) is 0 Å². The molecule has 0 rings (SSSR count). The molecular formula is C6H12O3. The first kappa shape index (κ1) is 8.43. The van der Waals surface area contributed by atoms with Gasteiger partial charge in [-0.05, 0) is 13.3 Å². The average molecular weight is 132 g/mol. The summed E-state index contributed by atoms with van der Waals surface area (Å²) < 4.78 is 4.85. The summed E-state index contributed by atoms with van der Waals surface area (Å²) in [6, 6.07) is 0. The summed E-state index contributed by atoms with van der Waals surface area (Å²) in [6.07, 6.45) is -0.0848. The third-order valence-corrected chi connectivity index (χ3v) is 1.01. The van der Waals surface area contributed by atoms with Gasteiger partial charge >= 0.3 is 5.97 Å². The average Bonchev–Trinajstić information content (AvgIpc) is 1.82. The van der Waals surface area contributed by atoms with Crippen molar-refractivity contribution in [2.24, 2.45) is 0 Å². The molecule has 0 aromatic carbocycles. The van der Waals surface area contributed by atoms with Gasteiger partial charge in [0.25, 0.3) is 0 Å². The molecular weight excluding hydrogens is 120 g/mol. The molecule has 0 aromatic heterocycles. The first-order valence-corrected chi connectivity index (χ1v) is 3.06. The summed E-state index contributed by atoms with van der Waals surface area (Å²) in [5, 5.41) is 8.38. The van der Waals surface area contributed by atoms with Crippen molar-refractivity contribution < 1.29 is 14.6 Å². The zero-order chi connectivity index (χ0) is 7.28.